The molecule has 0 atom stereocenters. The molecule has 3 rings (SSSR count). The lowest BCUT2D eigenvalue weighted by molar-refractivity contribution is 0.104. The van der Waals surface area contributed by atoms with Crippen LogP contribution in [-0.2, 0) is 0 Å². The summed E-state index contributed by atoms with van der Waals surface area (Å²) in [6.07, 6.45) is 1.63. The van der Waals surface area contributed by atoms with Crippen LogP contribution in [0.15, 0.2) is 18.3 Å². The van der Waals surface area contributed by atoms with Gasteiger partial charge in [-0.3, -0.25) is 9.78 Å². The fourth-order valence-corrected chi connectivity index (χ4v) is 2.61. The third-order valence-corrected chi connectivity index (χ3v) is 3.50. The largest absolute Gasteiger partial charge is 0.504 e. The summed E-state index contributed by atoms with van der Waals surface area (Å²) in [5.74, 6) is 0.328. The first kappa shape index (κ1) is 12.5. The van der Waals surface area contributed by atoms with Gasteiger partial charge in [-0.25, -0.2) is 0 Å². The molecule has 2 aromatic rings. The summed E-state index contributed by atoms with van der Waals surface area (Å²) in [6, 6.07) is 3.16. The third kappa shape index (κ3) is 1.43. The van der Waals surface area contributed by atoms with Gasteiger partial charge in [-0.15, -0.1) is 0 Å². The van der Waals surface area contributed by atoms with E-state index in [1.54, 1.807) is 12.3 Å². The molecular formula is C15H13NO4. The van der Waals surface area contributed by atoms with E-state index in [9.17, 15) is 9.90 Å². The van der Waals surface area contributed by atoms with Crippen molar-refractivity contribution >= 4 is 5.78 Å². The van der Waals surface area contributed by atoms with Crippen LogP contribution in [0.3, 0.4) is 0 Å². The van der Waals surface area contributed by atoms with Gasteiger partial charge in [0, 0.05) is 12.3 Å². The van der Waals surface area contributed by atoms with Crippen molar-refractivity contribution in [3.8, 4) is 28.5 Å². The highest BCUT2D eigenvalue weighted by Crippen LogP contribution is 2.50. The highest BCUT2D eigenvalue weighted by atomic mass is 16.5. The quantitative estimate of drug-likeness (QED) is 0.774. The zero-order chi connectivity index (χ0) is 14.4. The average Bonchev–Trinajstić information content (AvgIpc) is 2.73. The number of benzene rings is 1. The van der Waals surface area contributed by atoms with E-state index in [0.717, 1.165) is 5.56 Å². The van der Waals surface area contributed by atoms with Gasteiger partial charge in [-0.1, -0.05) is 0 Å². The normalized spacial score (nSPS) is 12.1. The summed E-state index contributed by atoms with van der Waals surface area (Å²) in [5, 5.41) is 10.0. The number of pyridine rings is 1. The molecule has 0 spiro atoms. The molecule has 1 aromatic heterocycles. The summed E-state index contributed by atoms with van der Waals surface area (Å²) < 4.78 is 10.4. The van der Waals surface area contributed by atoms with Gasteiger partial charge in [0.1, 0.15) is 5.75 Å². The molecule has 1 aromatic carbocycles. The highest BCUT2D eigenvalue weighted by Gasteiger charge is 2.36. The number of phenolic OH excluding ortho intramolecular Hbond substituents is 1. The molecule has 5 heteroatoms. The summed E-state index contributed by atoms with van der Waals surface area (Å²) in [7, 11) is 2.90. The fourth-order valence-electron chi connectivity index (χ4n) is 2.61. The van der Waals surface area contributed by atoms with Crippen molar-refractivity contribution in [1.82, 2.24) is 4.98 Å². The van der Waals surface area contributed by atoms with Gasteiger partial charge < -0.3 is 14.6 Å². The number of methoxy groups -OCH3 is 2. The van der Waals surface area contributed by atoms with Crippen LogP contribution in [0.4, 0.5) is 0 Å². The lowest BCUT2D eigenvalue weighted by atomic mass is 10.1. The predicted molar refractivity (Wildman–Crippen MR) is 72.6 cm³/mol. The molecule has 1 N–H and O–H groups in total. The van der Waals surface area contributed by atoms with Crippen LogP contribution < -0.4 is 9.47 Å². The molecule has 1 aliphatic carbocycles. The number of ether oxygens (including phenoxy) is 2. The minimum Gasteiger partial charge on any atom is -0.504 e. The molecule has 0 unspecified atom stereocenters. The Balaban J connectivity index is 2.46. The van der Waals surface area contributed by atoms with E-state index in [-0.39, 0.29) is 17.3 Å². The van der Waals surface area contributed by atoms with Gasteiger partial charge >= 0.3 is 0 Å². The number of nitrogens with zero attached hydrogens (tertiary/aromatic N) is 1. The monoisotopic (exact) mass is 271 g/mol. The molecule has 0 saturated carbocycles. The molecule has 0 aliphatic heterocycles. The van der Waals surface area contributed by atoms with E-state index in [1.807, 2.05) is 6.92 Å². The fraction of sp³-hybridized carbons (Fsp3) is 0.200. The lowest BCUT2D eigenvalue weighted by Crippen LogP contribution is -2.01. The first-order valence-corrected chi connectivity index (χ1v) is 6.08. The number of aromatic nitrogens is 1. The zero-order valence-corrected chi connectivity index (χ0v) is 11.4. The number of aryl methyl sites for hydroxylation is 1. The number of carbonyl (C=O) groups is 1. The Morgan fingerprint density at radius 1 is 1.15 bits per heavy atom. The van der Waals surface area contributed by atoms with Gasteiger partial charge in [0.2, 0.25) is 0 Å². The van der Waals surface area contributed by atoms with E-state index in [2.05, 4.69) is 4.98 Å². The Bertz CT molecular complexity index is 737. The summed E-state index contributed by atoms with van der Waals surface area (Å²) in [5.41, 5.74) is 2.77. The Morgan fingerprint density at radius 2 is 1.90 bits per heavy atom. The maximum absolute atomic E-state index is 12.6. The van der Waals surface area contributed by atoms with E-state index in [0.29, 0.717) is 28.1 Å². The number of hydrogen-bond acceptors (Lipinski definition) is 5. The number of carbonyl (C=O) groups excluding carboxylic acids is 1. The third-order valence-electron chi connectivity index (χ3n) is 3.50. The Kier molecular flexibility index (Phi) is 2.64. The second-order valence-corrected chi connectivity index (χ2v) is 4.56. The van der Waals surface area contributed by atoms with Crippen LogP contribution in [-0.4, -0.2) is 30.1 Å². The Morgan fingerprint density at radius 3 is 2.55 bits per heavy atom. The number of hydrogen-bond donors (Lipinski definition) is 1. The molecule has 0 fully saturated rings. The van der Waals surface area contributed by atoms with E-state index >= 15 is 0 Å². The molecule has 102 valence electrons. The standard InChI is InChI=1S/C15H13NO4/c1-7-4-5-16-13-10(7)14(18)11-9(19-2)6-8(17)15(20-3)12(11)13/h4-6,17H,1-3H3. The second-order valence-electron chi connectivity index (χ2n) is 4.56. The van der Waals surface area contributed by atoms with Crippen LogP contribution in [0.5, 0.6) is 17.2 Å². The van der Waals surface area contributed by atoms with Gasteiger partial charge in [-0.05, 0) is 18.6 Å². The molecule has 0 bridgehead atoms. The number of fused-ring (bicyclic) bond motifs is 3. The van der Waals surface area contributed by atoms with Gasteiger partial charge in [0.15, 0.2) is 17.3 Å². The van der Waals surface area contributed by atoms with E-state index in [1.165, 1.54) is 20.3 Å². The summed E-state index contributed by atoms with van der Waals surface area (Å²) in [4.78, 5) is 16.9. The first-order chi connectivity index (χ1) is 9.60. The smallest absolute Gasteiger partial charge is 0.200 e. The maximum Gasteiger partial charge on any atom is 0.200 e. The molecule has 5 nitrogen and oxygen atoms in total. The van der Waals surface area contributed by atoms with Gasteiger partial charge in [0.05, 0.1) is 36.6 Å². The minimum absolute atomic E-state index is 0.0768. The highest BCUT2D eigenvalue weighted by molar-refractivity contribution is 6.24. The van der Waals surface area contributed by atoms with E-state index < -0.39 is 0 Å². The number of phenols is 1. The van der Waals surface area contributed by atoms with Crippen molar-refractivity contribution in [2.75, 3.05) is 14.2 Å². The second kappa shape index (κ2) is 4.23. The van der Waals surface area contributed by atoms with E-state index in [4.69, 9.17) is 9.47 Å². The number of rotatable bonds is 2. The minimum atomic E-state index is -0.157. The van der Waals surface area contributed by atoms with Crippen LogP contribution in [0.25, 0.3) is 11.3 Å². The van der Waals surface area contributed by atoms with Crippen molar-refractivity contribution in [3.63, 3.8) is 0 Å². The molecule has 0 amide bonds. The topological polar surface area (TPSA) is 68.7 Å². The summed E-state index contributed by atoms with van der Waals surface area (Å²) in [6.45, 7) is 1.85. The molecule has 1 aliphatic rings. The van der Waals surface area contributed by atoms with Crippen LogP contribution in [0.2, 0.25) is 0 Å². The number of aromatic hydroxyl groups is 1. The van der Waals surface area contributed by atoms with Crippen molar-refractivity contribution in [1.29, 1.82) is 0 Å². The Labute approximate surface area is 115 Å². The van der Waals surface area contributed by atoms with Crippen molar-refractivity contribution in [2.24, 2.45) is 0 Å². The SMILES string of the molecule is COc1cc(O)c(OC)c2c1C(=O)c1c(C)ccnc1-2. The van der Waals surface area contributed by atoms with Gasteiger partial charge in [0.25, 0.3) is 0 Å². The molecule has 1 heterocycles. The van der Waals surface area contributed by atoms with Crippen LogP contribution in [0, 0.1) is 6.92 Å². The van der Waals surface area contributed by atoms with Crippen molar-refractivity contribution < 1.29 is 19.4 Å². The molecule has 20 heavy (non-hydrogen) atoms. The van der Waals surface area contributed by atoms with Crippen molar-refractivity contribution in [2.45, 2.75) is 6.92 Å². The average molecular weight is 271 g/mol. The zero-order valence-electron chi connectivity index (χ0n) is 11.4. The first-order valence-electron chi connectivity index (χ1n) is 6.08. The van der Waals surface area contributed by atoms with Crippen LogP contribution in [0.1, 0.15) is 21.5 Å². The predicted octanol–water partition coefficient (Wildman–Crippen LogP) is 2.32. The molecule has 0 radical (unpaired) electrons. The van der Waals surface area contributed by atoms with Gasteiger partial charge in [-0.2, -0.15) is 0 Å². The molecule has 0 saturated heterocycles. The Hall–Kier alpha value is -2.56. The number of ketones is 1. The lowest BCUT2D eigenvalue weighted by Gasteiger charge is -2.12. The maximum atomic E-state index is 12.6. The van der Waals surface area contributed by atoms with Crippen LogP contribution >= 0.6 is 0 Å². The van der Waals surface area contributed by atoms with Crippen molar-refractivity contribution in [3.05, 3.63) is 35.0 Å². The molecular weight excluding hydrogens is 258 g/mol. The summed E-state index contributed by atoms with van der Waals surface area (Å²) >= 11 is 0.